The van der Waals surface area contributed by atoms with Crippen LogP contribution in [0.2, 0.25) is 0 Å². The van der Waals surface area contributed by atoms with Crippen molar-refractivity contribution in [2.45, 2.75) is 51.9 Å². The molecule has 0 saturated carbocycles. The number of alkyl halides is 1. The number of benzene rings is 1. The molecule has 2 aromatic heterocycles. The molecular formula is C23H25F4N3O. The molecule has 2 unspecified atom stereocenters. The van der Waals surface area contributed by atoms with Crippen molar-refractivity contribution >= 4 is 10.9 Å². The Balaban J connectivity index is 1.95. The molecule has 4 rings (SSSR count). The molecule has 2 atom stereocenters. The van der Waals surface area contributed by atoms with Gasteiger partial charge in [-0.2, -0.15) is 9.37 Å². The average Bonchev–Trinajstić information content (AvgIpc) is 2.99. The number of hydrogen-bond donors (Lipinski definition) is 1. The third kappa shape index (κ3) is 4.01. The van der Waals surface area contributed by atoms with Crippen molar-refractivity contribution in [1.82, 2.24) is 14.9 Å². The van der Waals surface area contributed by atoms with Crippen LogP contribution in [-0.2, 0) is 6.42 Å². The lowest BCUT2D eigenvalue weighted by atomic mass is 9.88. The summed E-state index contributed by atoms with van der Waals surface area (Å²) >= 11 is 0. The Hall–Kier alpha value is -2.61. The highest BCUT2D eigenvalue weighted by atomic mass is 19.1. The molecule has 8 heteroatoms. The van der Waals surface area contributed by atoms with Crippen molar-refractivity contribution in [3.05, 3.63) is 58.7 Å². The van der Waals surface area contributed by atoms with Crippen LogP contribution < -0.4 is 4.74 Å². The SMILES string of the molecule is CCOc1cc(F)c(C2c3[nH]c4cc(F)ccc4c3CC(C)N2CC(C)(C)F)c(F)n1. The quantitative estimate of drug-likeness (QED) is 0.427. The first-order valence-electron chi connectivity index (χ1n) is 10.3. The second-order valence-corrected chi connectivity index (χ2v) is 8.63. The van der Waals surface area contributed by atoms with E-state index in [2.05, 4.69) is 9.97 Å². The zero-order valence-corrected chi connectivity index (χ0v) is 17.9. The van der Waals surface area contributed by atoms with E-state index in [1.165, 1.54) is 26.0 Å². The summed E-state index contributed by atoms with van der Waals surface area (Å²) in [7, 11) is 0. The molecule has 0 radical (unpaired) electrons. The highest BCUT2D eigenvalue weighted by Gasteiger charge is 2.41. The van der Waals surface area contributed by atoms with Crippen molar-refractivity contribution in [3.8, 4) is 5.88 Å². The fraction of sp³-hybridized carbons (Fsp3) is 0.435. The molecule has 0 amide bonds. The van der Waals surface area contributed by atoms with Crippen LogP contribution in [0.15, 0.2) is 24.3 Å². The van der Waals surface area contributed by atoms with Gasteiger partial charge in [-0.05, 0) is 57.9 Å². The summed E-state index contributed by atoms with van der Waals surface area (Å²) in [5.41, 5.74) is 0.00365. The van der Waals surface area contributed by atoms with Gasteiger partial charge in [0, 0.05) is 35.2 Å². The smallest absolute Gasteiger partial charge is 0.224 e. The topological polar surface area (TPSA) is 41.1 Å². The lowest BCUT2D eigenvalue weighted by Gasteiger charge is -2.42. The molecule has 0 aliphatic carbocycles. The maximum absolute atomic E-state index is 15.2. The maximum Gasteiger partial charge on any atom is 0.224 e. The Morgan fingerprint density at radius 3 is 2.61 bits per heavy atom. The zero-order valence-electron chi connectivity index (χ0n) is 17.9. The van der Waals surface area contributed by atoms with E-state index < -0.39 is 29.3 Å². The van der Waals surface area contributed by atoms with E-state index in [1.54, 1.807) is 17.9 Å². The zero-order chi connectivity index (χ0) is 22.5. The molecule has 4 nitrogen and oxygen atoms in total. The van der Waals surface area contributed by atoms with E-state index in [0.29, 0.717) is 17.6 Å². The number of aromatic nitrogens is 2. The Morgan fingerprint density at radius 2 is 1.97 bits per heavy atom. The van der Waals surface area contributed by atoms with E-state index in [4.69, 9.17) is 4.74 Å². The van der Waals surface area contributed by atoms with Crippen LogP contribution in [0.4, 0.5) is 17.6 Å². The second kappa shape index (κ2) is 7.82. The summed E-state index contributed by atoms with van der Waals surface area (Å²) in [6, 6.07) is 4.23. The highest BCUT2D eigenvalue weighted by molar-refractivity contribution is 5.85. The fourth-order valence-corrected chi connectivity index (χ4v) is 4.47. The van der Waals surface area contributed by atoms with Crippen LogP contribution in [-0.4, -0.2) is 39.7 Å². The first-order valence-corrected chi connectivity index (χ1v) is 10.3. The Morgan fingerprint density at radius 1 is 1.23 bits per heavy atom. The van der Waals surface area contributed by atoms with Crippen LogP contribution in [0.5, 0.6) is 5.88 Å². The van der Waals surface area contributed by atoms with Gasteiger partial charge in [0.05, 0.1) is 18.2 Å². The molecular weight excluding hydrogens is 410 g/mol. The van der Waals surface area contributed by atoms with E-state index in [0.717, 1.165) is 17.0 Å². The maximum atomic E-state index is 15.2. The summed E-state index contributed by atoms with van der Waals surface area (Å²) in [5, 5.41) is 0.784. The molecule has 3 aromatic rings. The minimum Gasteiger partial charge on any atom is -0.478 e. The van der Waals surface area contributed by atoms with Gasteiger partial charge in [-0.25, -0.2) is 13.2 Å². The highest BCUT2D eigenvalue weighted by Crippen LogP contribution is 2.43. The molecule has 0 spiro atoms. The third-order valence-electron chi connectivity index (χ3n) is 5.63. The monoisotopic (exact) mass is 435 g/mol. The van der Waals surface area contributed by atoms with Gasteiger partial charge in [-0.3, -0.25) is 4.90 Å². The number of rotatable bonds is 5. The number of nitrogens with one attached hydrogen (secondary N) is 1. The van der Waals surface area contributed by atoms with Gasteiger partial charge in [0.25, 0.3) is 0 Å². The van der Waals surface area contributed by atoms with Gasteiger partial charge in [0.15, 0.2) is 0 Å². The Kier molecular flexibility index (Phi) is 5.45. The van der Waals surface area contributed by atoms with Gasteiger partial charge < -0.3 is 9.72 Å². The van der Waals surface area contributed by atoms with E-state index in [1.807, 2.05) is 6.92 Å². The normalized spacial score (nSPS) is 19.6. The van der Waals surface area contributed by atoms with Crippen LogP contribution >= 0.6 is 0 Å². The van der Waals surface area contributed by atoms with Crippen LogP contribution in [0.1, 0.15) is 50.6 Å². The summed E-state index contributed by atoms with van der Waals surface area (Å²) < 4.78 is 64.0. The summed E-state index contributed by atoms with van der Waals surface area (Å²) in [5.74, 6) is -2.41. The van der Waals surface area contributed by atoms with E-state index in [-0.39, 0.29) is 30.6 Å². The molecule has 3 heterocycles. The number of halogens is 4. The first kappa shape index (κ1) is 21.6. The van der Waals surface area contributed by atoms with Crippen LogP contribution in [0.3, 0.4) is 0 Å². The fourth-order valence-electron chi connectivity index (χ4n) is 4.47. The largest absolute Gasteiger partial charge is 0.478 e. The van der Waals surface area contributed by atoms with E-state index in [9.17, 15) is 8.78 Å². The number of hydrogen-bond acceptors (Lipinski definition) is 3. The second-order valence-electron chi connectivity index (χ2n) is 8.63. The lowest BCUT2D eigenvalue weighted by Crippen LogP contribution is -2.48. The number of nitrogens with zero attached hydrogens (tertiary/aromatic N) is 2. The molecule has 1 aromatic carbocycles. The average molecular weight is 435 g/mol. The van der Waals surface area contributed by atoms with Crippen molar-refractivity contribution < 1.29 is 22.3 Å². The van der Waals surface area contributed by atoms with Crippen molar-refractivity contribution in [3.63, 3.8) is 0 Å². The molecule has 0 fully saturated rings. The number of fused-ring (bicyclic) bond motifs is 3. The summed E-state index contributed by atoms with van der Waals surface area (Å²) in [6.45, 7) is 6.60. The van der Waals surface area contributed by atoms with Crippen molar-refractivity contribution in [2.75, 3.05) is 13.2 Å². The third-order valence-corrected chi connectivity index (χ3v) is 5.63. The molecule has 0 saturated heterocycles. The molecule has 166 valence electrons. The van der Waals surface area contributed by atoms with Gasteiger partial charge in [0.2, 0.25) is 11.8 Å². The van der Waals surface area contributed by atoms with Crippen LogP contribution in [0, 0.1) is 17.6 Å². The van der Waals surface area contributed by atoms with Gasteiger partial charge in [0.1, 0.15) is 17.3 Å². The molecule has 0 bridgehead atoms. The van der Waals surface area contributed by atoms with Crippen molar-refractivity contribution in [2.24, 2.45) is 0 Å². The van der Waals surface area contributed by atoms with Crippen LogP contribution in [0.25, 0.3) is 10.9 Å². The minimum atomic E-state index is -1.60. The van der Waals surface area contributed by atoms with Gasteiger partial charge in [-0.1, -0.05) is 0 Å². The molecule has 1 aliphatic heterocycles. The van der Waals surface area contributed by atoms with Crippen molar-refractivity contribution in [1.29, 1.82) is 0 Å². The number of ether oxygens (including phenoxy) is 1. The minimum absolute atomic E-state index is 0.0475. The first-order chi connectivity index (χ1) is 14.6. The molecule has 1 N–H and O–H groups in total. The standard InChI is InChI=1S/C23H25F4N3O/c1-5-31-18-10-16(25)19(22(26)29-18)21-20-15(8-12(2)30(21)11-23(3,4)27)14-7-6-13(24)9-17(14)28-20/h6-7,9-10,12,21,28H,5,8,11H2,1-4H3. The predicted molar refractivity (Wildman–Crippen MR) is 110 cm³/mol. The summed E-state index contributed by atoms with van der Waals surface area (Å²) in [4.78, 5) is 8.65. The Labute approximate surface area is 178 Å². The predicted octanol–water partition coefficient (Wildman–Crippen LogP) is 5.46. The van der Waals surface area contributed by atoms with Gasteiger partial charge in [-0.15, -0.1) is 0 Å². The number of H-pyrrole nitrogens is 1. The van der Waals surface area contributed by atoms with E-state index >= 15 is 8.78 Å². The number of aromatic amines is 1. The molecule has 31 heavy (non-hydrogen) atoms. The van der Waals surface area contributed by atoms with Gasteiger partial charge >= 0.3 is 0 Å². The summed E-state index contributed by atoms with van der Waals surface area (Å²) in [6.07, 6.45) is 0.529. The molecule has 1 aliphatic rings. The number of pyridine rings is 1. The Bertz CT molecular complexity index is 1100. The lowest BCUT2D eigenvalue weighted by molar-refractivity contribution is 0.0638.